The SMILES string of the molecule is Nc1nc2c(ncn2C2OC3COP(=O)(O)O[C@@H]4C(COP(=O)(O)O[C@H]3[C@H]2F)OC(n2cnc3c(=O)[nH]c(N)nc32)[C@@H]4F)c(=O)[nH]1.Nc1nc2c(ncn2C2OC3COP(=O)(O)O[C@@H]4C(COP(=O)(O)O[C@H]3[C@H]2F)OC(n2cnc3c(N)ncnc32)[C@@H]4F)c(=O)[nH]1.Nc1nc2c(ncn2C2OC3COP(O)(=S)O[C@@H]4C(COP(=O)(S)O[C@H]3[C@H]2F)OC(n2cnc3c(N)ncnc32)[C@@H]4F)c(=O)[nH]1. The zero-order chi connectivity index (χ0) is 96.4. The van der Waals surface area contributed by atoms with E-state index in [1.165, 1.54) is 10.9 Å². The van der Waals surface area contributed by atoms with E-state index in [-0.39, 0.29) is 102 Å². The Morgan fingerprint density at radius 1 is 0.324 bits per heavy atom. The van der Waals surface area contributed by atoms with Crippen molar-refractivity contribution in [2.24, 2.45) is 0 Å². The van der Waals surface area contributed by atoms with Gasteiger partial charge in [0.05, 0.1) is 77.6 Å². The predicted molar refractivity (Wildman–Crippen MR) is 440 cm³/mol. The summed E-state index contributed by atoms with van der Waals surface area (Å²) in [7, 11) is -20.8. The lowest BCUT2D eigenvalue weighted by atomic mass is 10.1. The maximum Gasteiger partial charge on any atom is 0.472 e. The number of fused-ring (bicyclic) bond motifs is 12. The molecule has 136 heavy (non-hydrogen) atoms. The number of imidazole rings is 6. The number of nitrogen functional groups attached to an aromatic ring is 6. The number of aromatic amines is 4. The highest BCUT2D eigenvalue weighted by atomic mass is 32.7. The molecule has 30 atom stereocenters. The molecular formula is C60H66F6N30O32P6S2. The molecule has 0 spiro atoms. The number of halogens is 6. The number of hydrogen-bond acceptors (Lipinski definition) is 48. The van der Waals surface area contributed by atoms with Crippen molar-refractivity contribution in [1.29, 1.82) is 0 Å². The van der Waals surface area contributed by atoms with Crippen molar-refractivity contribution in [3.63, 3.8) is 0 Å². The maximum absolute atomic E-state index is 16.0. The topological polar surface area (TPSA) is 850 Å². The minimum atomic E-state index is -5.22. The van der Waals surface area contributed by atoms with Crippen LogP contribution in [-0.4, -0.2) is 292 Å². The van der Waals surface area contributed by atoms with Gasteiger partial charge < -0.3 is 91.8 Å². The predicted octanol–water partition coefficient (Wildman–Crippen LogP) is -0.814. The highest BCUT2D eigenvalue weighted by molar-refractivity contribution is 8.44. The Morgan fingerprint density at radius 3 is 0.809 bits per heavy atom. The van der Waals surface area contributed by atoms with Crippen molar-refractivity contribution < 1.29 is 156 Å². The van der Waals surface area contributed by atoms with Crippen LogP contribution in [0, 0.1) is 0 Å². The van der Waals surface area contributed by atoms with Gasteiger partial charge in [-0.25, -0.2) is 99.0 Å². The van der Waals surface area contributed by atoms with Crippen LogP contribution < -0.4 is 56.6 Å². The second-order valence-electron chi connectivity index (χ2n) is 30.3. The normalized spacial score (nSPS) is 37.5. The van der Waals surface area contributed by atoms with Crippen molar-refractivity contribution >= 4 is 171 Å². The molecule has 18 unspecified atom stereocenters. The van der Waals surface area contributed by atoms with Gasteiger partial charge in [0.1, 0.15) is 96.9 Å². The quantitative estimate of drug-likeness (QED) is 0.0550. The number of rotatable bonds is 6. The van der Waals surface area contributed by atoms with Crippen molar-refractivity contribution in [2.45, 2.75) is 148 Å². The Hall–Kier alpha value is -9.89. The first-order chi connectivity index (χ1) is 64.3. The Morgan fingerprint density at radius 2 is 0.544 bits per heavy atom. The van der Waals surface area contributed by atoms with Crippen molar-refractivity contribution in [2.75, 3.05) is 74.0 Å². The number of thiol groups is 1. The van der Waals surface area contributed by atoms with Crippen molar-refractivity contribution in [3.8, 4) is 0 Å². The summed E-state index contributed by atoms with van der Waals surface area (Å²) in [6.07, 6.45) is -34.8. The van der Waals surface area contributed by atoms with Gasteiger partial charge >= 0.3 is 44.8 Å². The molecule has 0 aliphatic carbocycles. The monoisotopic (exact) mass is 2080 g/mol. The van der Waals surface area contributed by atoms with Crippen LogP contribution in [-0.2, 0) is 117 Å². The highest BCUT2D eigenvalue weighted by Crippen LogP contribution is 2.61. The average molecular weight is 2080 g/mol. The number of ether oxygens (including phenoxy) is 6. The summed E-state index contributed by atoms with van der Waals surface area (Å²) in [5.41, 5.74) is 30.0. The van der Waals surface area contributed by atoms with Gasteiger partial charge in [0.2, 0.25) is 23.8 Å². The van der Waals surface area contributed by atoms with Crippen LogP contribution in [0.2, 0.25) is 0 Å². The van der Waals surface area contributed by atoms with Crippen LogP contribution in [0.25, 0.3) is 67.0 Å². The first-order valence-corrected chi connectivity index (χ1v) is 50.1. The highest BCUT2D eigenvalue weighted by Gasteiger charge is 2.60. The van der Waals surface area contributed by atoms with E-state index in [9.17, 15) is 66.5 Å². The first kappa shape index (κ1) is 95.0. The molecule has 21 heterocycles. The summed E-state index contributed by atoms with van der Waals surface area (Å²) in [5, 5.41) is 0. The molecule has 9 fully saturated rings. The van der Waals surface area contributed by atoms with Gasteiger partial charge in [-0.05, 0) is 11.8 Å². The van der Waals surface area contributed by atoms with Crippen molar-refractivity contribution in [3.05, 3.63) is 92.0 Å². The Balaban J connectivity index is 0.000000131. The Kier molecular flexibility index (Phi) is 25.0. The standard InChI is InChI=1S/C20H22F2N10O12P2.C20H22F2N10O11P2.C20H22F2N10O9P2S2/c21-7-11-5(41-17(7)31-3-25-9-13(31)27-19(23)29-15(9)33)1-39-45(35,36)44-12-6(2-40-46(37,38)43-11)42-18(8(12)22)32-4-26-10-14(32)28-20(24)30-16(10)34;21-8-12-6(40-18(8)31-4-27-10-14(23)25-3-26-15(10)31)1-38-45(36,37)43-13-7(2-39-44(34,35)42-12)41-19(9(13)22)32-5-28-11-16(32)29-20(24)30-17(11)33;21-8-12-6(38-18(8)31-4-27-10-14(23)25-3-26-15(10)31)1-36-43(35,45)41-13-7(2-37-42(34,44)40-12)39-19(9(13)22)32-5-28-11-16(32)29-20(24)30-17(11)33/h3-8,11-12,17-18H,1-2H2,(H,35,36)(H,37,38)(H3,23,27,29,33)(H3,24,28,30,34);3-9,12-13,18-19H,1-2H2,(H,34,35)(H,36,37)(H2,23,25,26)(H3,24,29,30,33);3-9,12-13,18-19H,1-2H2,(H,34,44)(H,35,45)(H2,23,25,26)(H3,24,29,30,33)/t5?,6?,7-,8-,11-,12-,17?,18?;6?,7?,8-,9-,12-,13-,18?,19?;6?,7?,8-,9-,12-,13-,18?,19?,42?,43?/m111/s1. The van der Waals surface area contributed by atoms with Crippen LogP contribution in [0.1, 0.15) is 37.4 Å². The van der Waals surface area contributed by atoms with E-state index in [2.05, 4.69) is 102 Å². The van der Waals surface area contributed by atoms with Gasteiger partial charge in [-0.2, -0.15) is 19.9 Å². The minimum absolute atomic E-state index is 0.0127. The molecule has 732 valence electrons. The number of alkyl halides is 6. The van der Waals surface area contributed by atoms with E-state index >= 15 is 26.3 Å². The van der Waals surface area contributed by atoms with Crippen molar-refractivity contribution in [1.82, 2.24) is 117 Å². The molecule has 9 aliphatic rings. The lowest BCUT2D eigenvalue weighted by Gasteiger charge is -2.29. The van der Waals surface area contributed by atoms with Crippen LogP contribution >= 0.6 is 57.1 Å². The molecule has 0 bridgehead atoms. The molecule has 62 nitrogen and oxygen atoms in total. The molecule has 12 aromatic rings. The van der Waals surface area contributed by atoms with Gasteiger partial charge in [-0.3, -0.25) is 116 Å². The number of phosphoric acid groups is 4. The van der Waals surface area contributed by atoms with E-state index in [0.717, 1.165) is 67.1 Å². The summed E-state index contributed by atoms with van der Waals surface area (Å²) in [6.45, 7) is -13.9. The van der Waals surface area contributed by atoms with Gasteiger partial charge in [-0.1, -0.05) is 12.2 Å². The van der Waals surface area contributed by atoms with E-state index in [1.54, 1.807) is 0 Å². The number of H-pyrrole nitrogens is 4. The van der Waals surface area contributed by atoms with E-state index in [0.29, 0.717) is 0 Å². The molecule has 0 radical (unpaired) electrons. The lowest BCUT2D eigenvalue weighted by Crippen LogP contribution is -2.37. The molecule has 0 saturated carbocycles. The summed E-state index contributed by atoms with van der Waals surface area (Å²) in [5.74, 6) is -1.22. The molecule has 12 aromatic heterocycles. The molecular weight excluding hydrogens is 2020 g/mol. The van der Waals surface area contributed by atoms with Crippen LogP contribution in [0.4, 0.5) is 61.8 Å². The van der Waals surface area contributed by atoms with Gasteiger partial charge in [0, 0.05) is 0 Å². The number of nitrogens with zero attached hydrogens (tertiary/aromatic N) is 20. The first-order valence-electron chi connectivity index (χ1n) is 38.8. The molecule has 9 aliphatic heterocycles. The third-order valence-electron chi connectivity index (χ3n) is 21.8. The molecule has 76 heteroatoms. The second-order valence-corrected chi connectivity index (χ2v) is 41.6. The van der Waals surface area contributed by atoms with Crippen LogP contribution in [0.3, 0.4) is 0 Å². The molecule has 21 N–H and O–H groups in total. The third-order valence-corrected chi connectivity index (χ3v) is 28.9. The molecule has 9 saturated heterocycles. The van der Waals surface area contributed by atoms with Gasteiger partial charge in [0.15, 0.2) is 142 Å². The largest absolute Gasteiger partial charge is 0.472 e. The number of hydrogen-bond donors (Lipinski definition) is 16. The lowest BCUT2D eigenvalue weighted by molar-refractivity contribution is -0.0663. The summed E-state index contributed by atoms with van der Waals surface area (Å²) < 4.78 is 263. The fourth-order valence-corrected chi connectivity index (χ4v) is 22.6. The molecule has 0 amide bonds. The number of phosphoric ester groups is 4. The summed E-state index contributed by atoms with van der Waals surface area (Å²) in [6, 6.07) is 0. The van der Waals surface area contributed by atoms with Crippen LogP contribution in [0.15, 0.2) is 69.8 Å². The number of nitrogens with one attached hydrogen (secondary N) is 4. The fraction of sp³-hybridized carbons (Fsp3) is 0.500. The number of aromatic nitrogens is 24. The van der Waals surface area contributed by atoms with E-state index < -0.39 is 254 Å². The Labute approximate surface area is 755 Å². The number of nitrogens with two attached hydrogens (primary N) is 6. The second kappa shape index (κ2) is 35.8. The third kappa shape index (κ3) is 18.1. The van der Waals surface area contributed by atoms with E-state index in [4.69, 9.17) is 129 Å². The fourth-order valence-electron chi connectivity index (χ4n) is 15.8. The van der Waals surface area contributed by atoms with Crippen LogP contribution in [0.5, 0.6) is 0 Å². The minimum Gasteiger partial charge on any atom is -0.382 e. The smallest absolute Gasteiger partial charge is 0.382 e. The summed E-state index contributed by atoms with van der Waals surface area (Å²) in [4.78, 5) is 166. The number of anilines is 6. The molecule has 0 aromatic carbocycles. The Bertz CT molecular complexity index is 6860. The zero-order valence-electron chi connectivity index (χ0n) is 67.2. The van der Waals surface area contributed by atoms with Gasteiger partial charge in [-0.15, -0.1) is 0 Å². The maximum atomic E-state index is 16.0. The zero-order valence-corrected chi connectivity index (χ0v) is 74.3. The molecule has 21 rings (SSSR count). The van der Waals surface area contributed by atoms with E-state index in [1.807, 2.05) is 0 Å². The average Bonchev–Trinajstić information content (AvgIpc) is 1.61. The summed E-state index contributed by atoms with van der Waals surface area (Å²) >= 11 is 9.11. The van der Waals surface area contributed by atoms with Gasteiger partial charge in [0.25, 0.3) is 22.2 Å².